The van der Waals surface area contributed by atoms with E-state index in [1.807, 2.05) is 6.07 Å². The van der Waals surface area contributed by atoms with E-state index in [-0.39, 0.29) is 0 Å². The van der Waals surface area contributed by atoms with Gasteiger partial charge in [0.2, 0.25) is 0 Å². The van der Waals surface area contributed by atoms with Crippen LogP contribution in [-0.2, 0) is 6.42 Å². The van der Waals surface area contributed by atoms with Crippen molar-refractivity contribution in [3.63, 3.8) is 0 Å². The fourth-order valence-electron chi connectivity index (χ4n) is 2.66. The first-order valence-corrected chi connectivity index (χ1v) is 5.93. The summed E-state index contributed by atoms with van der Waals surface area (Å²) in [6.07, 6.45) is 3.79. The molecule has 0 saturated carbocycles. The summed E-state index contributed by atoms with van der Waals surface area (Å²) in [6.45, 7) is 0. The van der Waals surface area contributed by atoms with Gasteiger partial charge in [-0.15, -0.1) is 0 Å². The van der Waals surface area contributed by atoms with Crippen molar-refractivity contribution in [1.82, 2.24) is 4.98 Å². The van der Waals surface area contributed by atoms with Crippen LogP contribution in [-0.4, -0.2) is 12.8 Å². The van der Waals surface area contributed by atoms with Crippen LogP contribution < -0.4 is 0 Å². The molecule has 3 heteroatoms. The standard InChI is InChI=1S/C12H13BClN/c13-10-3-1-2-8-9-6-7(14)4-5-11(9)15-12(8)10/h4-6,10,15H,1-3,13H2. The predicted octanol–water partition coefficient (Wildman–Crippen LogP) is 2.83. The van der Waals surface area contributed by atoms with Gasteiger partial charge in [0, 0.05) is 21.6 Å². The fourth-order valence-corrected chi connectivity index (χ4v) is 2.83. The van der Waals surface area contributed by atoms with Crippen molar-refractivity contribution in [3.05, 3.63) is 34.5 Å². The molecule has 1 aliphatic carbocycles. The third-order valence-corrected chi connectivity index (χ3v) is 3.69. The summed E-state index contributed by atoms with van der Waals surface area (Å²) in [5, 5.41) is 2.16. The second kappa shape index (κ2) is 3.31. The highest BCUT2D eigenvalue weighted by molar-refractivity contribution is 6.31. The SMILES string of the molecule is BC1CCCc2c1[nH]c1ccc(Cl)cc21. The van der Waals surface area contributed by atoms with Crippen LogP contribution in [0.2, 0.25) is 5.02 Å². The van der Waals surface area contributed by atoms with Gasteiger partial charge in [0.05, 0.1) is 0 Å². The maximum atomic E-state index is 6.04. The molecule has 1 aromatic carbocycles. The molecule has 2 aromatic rings. The molecule has 0 saturated heterocycles. The third kappa shape index (κ3) is 1.39. The minimum atomic E-state index is 0.667. The van der Waals surface area contributed by atoms with E-state index in [0.29, 0.717) is 5.82 Å². The van der Waals surface area contributed by atoms with Gasteiger partial charge in [0.25, 0.3) is 0 Å². The number of hydrogen-bond acceptors (Lipinski definition) is 0. The minimum Gasteiger partial charge on any atom is -0.359 e. The molecule has 0 aliphatic heterocycles. The first kappa shape index (κ1) is 9.35. The average Bonchev–Trinajstić information content (AvgIpc) is 2.58. The van der Waals surface area contributed by atoms with E-state index < -0.39 is 0 Å². The monoisotopic (exact) mass is 217 g/mol. The summed E-state index contributed by atoms with van der Waals surface area (Å²) in [6, 6.07) is 6.13. The third-order valence-electron chi connectivity index (χ3n) is 3.46. The molecule has 0 radical (unpaired) electrons. The zero-order valence-electron chi connectivity index (χ0n) is 8.81. The van der Waals surface area contributed by atoms with E-state index >= 15 is 0 Å². The highest BCUT2D eigenvalue weighted by Gasteiger charge is 2.20. The fraction of sp³-hybridized carbons (Fsp3) is 0.333. The Morgan fingerprint density at radius 3 is 3.13 bits per heavy atom. The second-order valence-electron chi connectivity index (χ2n) is 4.50. The molecule has 1 heterocycles. The predicted molar refractivity (Wildman–Crippen MR) is 67.5 cm³/mol. The van der Waals surface area contributed by atoms with E-state index in [4.69, 9.17) is 11.6 Å². The zero-order valence-corrected chi connectivity index (χ0v) is 9.56. The van der Waals surface area contributed by atoms with Crippen molar-refractivity contribution in [2.45, 2.75) is 25.1 Å². The molecule has 0 amide bonds. The van der Waals surface area contributed by atoms with Crippen molar-refractivity contribution < 1.29 is 0 Å². The Kier molecular flexibility index (Phi) is 2.06. The number of halogens is 1. The van der Waals surface area contributed by atoms with Gasteiger partial charge in [-0.3, -0.25) is 0 Å². The molecule has 0 bridgehead atoms. The summed E-state index contributed by atoms with van der Waals surface area (Å²) in [5.74, 6) is 0.667. The Morgan fingerprint density at radius 1 is 1.40 bits per heavy atom. The molecule has 3 rings (SSSR count). The molecule has 1 aromatic heterocycles. The van der Waals surface area contributed by atoms with Gasteiger partial charge in [-0.05, 0) is 42.4 Å². The summed E-state index contributed by atoms with van der Waals surface area (Å²) in [7, 11) is 2.30. The molecular weight excluding hydrogens is 204 g/mol. The number of fused-ring (bicyclic) bond motifs is 3. The number of aromatic nitrogens is 1. The molecule has 15 heavy (non-hydrogen) atoms. The van der Waals surface area contributed by atoms with Crippen LogP contribution in [0.1, 0.15) is 29.9 Å². The number of benzene rings is 1. The Morgan fingerprint density at radius 2 is 2.27 bits per heavy atom. The molecular formula is C12H13BClN. The molecule has 1 nitrogen and oxygen atoms in total. The molecule has 0 spiro atoms. The van der Waals surface area contributed by atoms with Gasteiger partial charge in [-0.2, -0.15) is 0 Å². The highest BCUT2D eigenvalue weighted by Crippen LogP contribution is 2.35. The quantitative estimate of drug-likeness (QED) is 0.653. The van der Waals surface area contributed by atoms with Gasteiger partial charge in [0.1, 0.15) is 7.85 Å². The number of nitrogens with one attached hydrogen (secondary N) is 1. The van der Waals surface area contributed by atoms with Crippen LogP contribution in [0.25, 0.3) is 10.9 Å². The molecule has 1 aliphatic rings. The number of rotatable bonds is 0. The molecule has 0 fully saturated rings. The first-order valence-electron chi connectivity index (χ1n) is 5.55. The number of aromatic amines is 1. The Hall–Kier alpha value is -0.885. The van der Waals surface area contributed by atoms with Crippen LogP contribution >= 0.6 is 11.6 Å². The van der Waals surface area contributed by atoms with Crippen LogP contribution in [0, 0.1) is 0 Å². The van der Waals surface area contributed by atoms with Crippen molar-refractivity contribution >= 4 is 30.4 Å². The minimum absolute atomic E-state index is 0.667. The summed E-state index contributed by atoms with van der Waals surface area (Å²) in [5.41, 5.74) is 4.16. The van der Waals surface area contributed by atoms with Gasteiger partial charge in [0.15, 0.2) is 0 Å². The summed E-state index contributed by atoms with van der Waals surface area (Å²) < 4.78 is 0. The lowest BCUT2D eigenvalue weighted by atomic mass is 9.74. The van der Waals surface area contributed by atoms with E-state index in [1.54, 1.807) is 0 Å². The molecule has 1 N–H and O–H groups in total. The van der Waals surface area contributed by atoms with E-state index in [2.05, 4.69) is 25.0 Å². The van der Waals surface area contributed by atoms with Crippen LogP contribution in [0.5, 0.6) is 0 Å². The van der Waals surface area contributed by atoms with E-state index in [9.17, 15) is 0 Å². The van der Waals surface area contributed by atoms with E-state index in [0.717, 1.165) is 5.02 Å². The van der Waals surface area contributed by atoms with Crippen molar-refractivity contribution in [2.24, 2.45) is 0 Å². The highest BCUT2D eigenvalue weighted by atomic mass is 35.5. The maximum absolute atomic E-state index is 6.04. The number of hydrogen-bond donors (Lipinski definition) is 1. The Bertz CT molecular complexity index is 518. The van der Waals surface area contributed by atoms with Crippen molar-refractivity contribution in [1.29, 1.82) is 0 Å². The van der Waals surface area contributed by atoms with Gasteiger partial charge >= 0.3 is 0 Å². The smallest absolute Gasteiger partial charge is 0.113 e. The maximum Gasteiger partial charge on any atom is 0.113 e. The van der Waals surface area contributed by atoms with E-state index in [1.165, 1.54) is 41.4 Å². The van der Waals surface area contributed by atoms with Crippen molar-refractivity contribution in [2.75, 3.05) is 0 Å². The Balaban J connectivity index is 2.31. The topological polar surface area (TPSA) is 15.8 Å². The summed E-state index contributed by atoms with van der Waals surface area (Å²) >= 11 is 6.04. The van der Waals surface area contributed by atoms with Gasteiger partial charge in [-0.25, -0.2) is 0 Å². The second-order valence-corrected chi connectivity index (χ2v) is 4.94. The molecule has 1 unspecified atom stereocenters. The number of aryl methyl sites for hydroxylation is 1. The van der Waals surface area contributed by atoms with Crippen LogP contribution in [0.15, 0.2) is 18.2 Å². The largest absolute Gasteiger partial charge is 0.359 e. The normalized spacial score (nSPS) is 20.5. The zero-order chi connectivity index (χ0) is 10.4. The summed E-state index contributed by atoms with van der Waals surface area (Å²) in [4.78, 5) is 3.53. The lowest BCUT2D eigenvalue weighted by molar-refractivity contribution is 0.660. The lowest BCUT2D eigenvalue weighted by Gasteiger charge is -2.18. The lowest BCUT2D eigenvalue weighted by Crippen LogP contribution is -2.08. The van der Waals surface area contributed by atoms with Crippen LogP contribution in [0.4, 0.5) is 0 Å². The van der Waals surface area contributed by atoms with Gasteiger partial charge < -0.3 is 4.98 Å². The molecule has 76 valence electrons. The molecule has 1 atom stereocenters. The van der Waals surface area contributed by atoms with Crippen LogP contribution in [0.3, 0.4) is 0 Å². The van der Waals surface area contributed by atoms with Crippen molar-refractivity contribution in [3.8, 4) is 0 Å². The first-order chi connectivity index (χ1) is 7.25. The Labute approximate surface area is 95.2 Å². The van der Waals surface area contributed by atoms with Gasteiger partial charge in [-0.1, -0.05) is 18.0 Å². The average molecular weight is 218 g/mol. The number of H-pyrrole nitrogens is 1.